The van der Waals surface area contributed by atoms with Crippen LogP contribution < -0.4 is 4.74 Å². The van der Waals surface area contributed by atoms with E-state index in [-0.39, 0.29) is 6.10 Å². The molecule has 2 nitrogen and oxygen atoms in total. The van der Waals surface area contributed by atoms with Crippen LogP contribution in [0.2, 0.25) is 0 Å². The summed E-state index contributed by atoms with van der Waals surface area (Å²) in [7, 11) is 0. The molecule has 2 heteroatoms. The first-order chi connectivity index (χ1) is 8.15. The molecule has 0 unspecified atom stereocenters. The summed E-state index contributed by atoms with van der Waals surface area (Å²) in [5.74, 6) is 0.927. The van der Waals surface area contributed by atoms with Crippen molar-refractivity contribution in [3.63, 3.8) is 0 Å². The summed E-state index contributed by atoms with van der Waals surface area (Å²) in [5.41, 5.74) is 2.28. The third-order valence-corrected chi connectivity index (χ3v) is 4.20. The van der Waals surface area contributed by atoms with Gasteiger partial charge in [-0.05, 0) is 68.7 Å². The molecule has 0 aromatic heterocycles. The van der Waals surface area contributed by atoms with Crippen molar-refractivity contribution < 1.29 is 9.84 Å². The van der Waals surface area contributed by atoms with Gasteiger partial charge in [-0.1, -0.05) is 6.07 Å². The van der Waals surface area contributed by atoms with Gasteiger partial charge in [-0.3, -0.25) is 0 Å². The number of rotatable bonds is 2. The molecule has 2 aliphatic rings. The van der Waals surface area contributed by atoms with E-state index in [0.29, 0.717) is 0 Å². The van der Waals surface area contributed by atoms with Crippen LogP contribution in [0.5, 0.6) is 5.75 Å². The van der Waals surface area contributed by atoms with Crippen molar-refractivity contribution in [2.45, 2.75) is 57.2 Å². The van der Waals surface area contributed by atoms with Gasteiger partial charge in [-0.2, -0.15) is 0 Å². The number of hydrogen-bond acceptors (Lipinski definition) is 2. The van der Waals surface area contributed by atoms with Gasteiger partial charge in [0.1, 0.15) is 11.9 Å². The van der Waals surface area contributed by atoms with E-state index in [4.69, 9.17) is 4.74 Å². The Bertz CT molecular complexity index is 423. The fraction of sp³-hybridized carbons (Fsp3) is 0.600. The topological polar surface area (TPSA) is 29.5 Å². The maximum atomic E-state index is 9.95. The summed E-state index contributed by atoms with van der Waals surface area (Å²) >= 11 is 0. The smallest absolute Gasteiger partial charge is 0.127 e. The molecular weight excluding hydrogens is 212 g/mol. The molecule has 92 valence electrons. The van der Waals surface area contributed by atoms with Gasteiger partial charge in [0, 0.05) is 0 Å². The summed E-state index contributed by atoms with van der Waals surface area (Å²) in [5, 5.41) is 9.95. The van der Waals surface area contributed by atoms with Crippen molar-refractivity contribution in [2.24, 2.45) is 0 Å². The Hall–Kier alpha value is -1.02. The second-order valence-electron chi connectivity index (χ2n) is 5.64. The van der Waals surface area contributed by atoms with Crippen molar-refractivity contribution in [2.75, 3.05) is 0 Å². The number of aryl methyl sites for hydroxylation is 2. The van der Waals surface area contributed by atoms with Crippen molar-refractivity contribution in [3.8, 4) is 5.75 Å². The lowest BCUT2D eigenvalue weighted by atomic mass is 9.78. The van der Waals surface area contributed by atoms with Crippen molar-refractivity contribution in [1.82, 2.24) is 0 Å². The van der Waals surface area contributed by atoms with E-state index in [0.717, 1.165) is 18.6 Å². The summed E-state index contributed by atoms with van der Waals surface area (Å²) in [6.45, 7) is 1.86. The second kappa shape index (κ2) is 4.02. The van der Waals surface area contributed by atoms with E-state index in [9.17, 15) is 5.11 Å². The number of benzene rings is 1. The van der Waals surface area contributed by atoms with E-state index >= 15 is 0 Å². The van der Waals surface area contributed by atoms with Gasteiger partial charge in [-0.15, -0.1) is 0 Å². The largest absolute Gasteiger partial charge is 0.487 e. The van der Waals surface area contributed by atoms with Gasteiger partial charge >= 0.3 is 0 Å². The molecule has 2 atom stereocenters. The van der Waals surface area contributed by atoms with Gasteiger partial charge in [0.15, 0.2) is 0 Å². The van der Waals surface area contributed by atoms with Crippen LogP contribution in [0.25, 0.3) is 0 Å². The molecule has 1 aromatic rings. The van der Waals surface area contributed by atoms with Crippen LogP contribution in [0.3, 0.4) is 0 Å². The molecule has 0 amide bonds. The number of ether oxygens (including phenoxy) is 1. The van der Waals surface area contributed by atoms with E-state index in [1.807, 2.05) is 6.92 Å². The molecule has 1 fully saturated rings. The second-order valence-corrected chi connectivity index (χ2v) is 5.64. The molecule has 0 saturated heterocycles. The lowest BCUT2D eigenvalue weighted by Gasteiger charge is -2.42. The average molecular weight is 232 g/mol. The first kappa shape index (κ1) is 11.1. The highest BCUT2D eigenvalue weighted by Crippen LogP contribution is 2.36. The van der Waals surface area contributed by atoms with E-state index < -0.39 is 5.60 Å². The monoisotopic (exact) mass is 232 g/mol. The van der Waals surface area contributed by atoms with Gasteiger partial charge < -0.3 is 9.84 Å². The molecule has 1 aromatic carbocycles. The van der Waals surface area contributed by atoms with Crippen molar-refractivity contribution in [3.05, 3.63) is 29.3 Å². The van der Waals surface area contributed by atoms with E-state index in [1.54, 1.807) is 0 Å². The van der Waals surface area contributed by atoms with Gasteiger partial charge in [0.2, 0.25) is 0 Å². The predicted molar refractivity (Wildman–Crippen MR) is 67.4 cm³/mol. The highest BCUT2D eigenvalue weighted by molar-refractivity contribution is 5.37. The zero-order valence-electron chi connectivity index (χ0n) is 10.4. The molecule has 0 bridgehead atoms. The standard InChI is InChI=1S/C15H20O2/c1-15(16)9-8-14(15)17-13-7-6-11-4-2-3-5-12(11)10-13/h6-7,10,14,16H,2-5,8-9H2,1H3/t14-,15-/m0/s1. The van der Waals surface area contributed by atoms with Crippen LogP contribution in [0.15, 0.2) is 18.2 Å². The first-order valence-corrected chi connectivity index (χ1v) is 6.66. The number of hydrogen-bond donors (Lipinski definition) is 1. The van der Waals surface area contributed by atoms with Gasteiger partial charge in [0.25, 0.3) is 0 Å². The minimum atomic E-state index is -0.629. The normalized spacial score (nSPS) is 31.5. The van der Waals surface area contributed by atoms with Crippen LogP contribution in [0.1, 0.15) is 43.7 Å². The highest BCUT2D eigenvalue weighted by Gasteiger charge is 2.42. The van der Waals surface area contributed by atoms with Crippen LogP contribution in [0.4, 0.5) is 0 Å². The molecule has 3 rings (SSSR count). The molecule has 2 aliphatic carbocycles. The molecule has 1 N–H and O–H groups in total. The number of aliphatic hydroxyl groups is 1. The Morgan fingerprint density at radius 1 is 1.24 bits per heavy atom. The van der Waals surface area contributed by atoms with E-state index in [1.165, 1.54) is 36.8 Å². The maximum absolute atomic E-state index is 9.95. The highest BCUT2D eigenvalue weighted by atomic mass is 16.5. The molecule has 1 saturated carbocycles. The Morgan fingerprint density at radius 2 is 2.00 bits per heavy atom. The summed E-state index contributed by atoms with van der Waals surface area (Å²) in [6, 6.07) is 6.42. The molecule has 17 heavy (non-hydrogen) atoms. The molecule has 0 spiro atoms. The average Bonchev–Trinajstić information content (AvgIpc) is 2.34. The van der Waals surface area contributed by atoms with Gasteiger partial charge in [0.05, 0.1) is 5.60 Å². The third kappa shape index (κ3) is 2.06. The molecular formula is C15H20O2. The van der Waals surface area contributed by atoms with Crippen LogP contribution >= 0.6 is 0 Å². The predicted octanol–water partition coefficient (Wildman–Crippen LogP) is 2.86. The fourth-order valence-corrected chi connectivity index (χ4v) is 2.81. The maximum Gasteiger partial charge on any atom is 0.127 e. The zero-order valence-corrected chi connectivity index (χ0v) is 10.4. The first-order valence-electron chi connectivity index (χ1n) is 6.66. The summed E-state index contributed by atoms with van der Waals surface area (Å²) in [4.78, 5) is 0. The minimum absolute atomic E-state index is 0.0239. The summed E-state index contributed by atoms with van der Waals surface area (Å²) in [6.07, 6.45) is 6.77. The molecule has 0 heterocycles. The quantitative estimate of drug-likeness (QED) is 0.849. The van der Waals surface area contributed by atoms with Crippen molar-refractivity contribution in [1.29, 1.82) is 0 Å². The Balaban J connectivity index is 1.75. The Labute approximate surface area is 103 Å². The van der Waals surface area contributed by atoms with Gasteiger partial charge in [-0.25, -0.2) is 0 Å². The Kier molecular flexibility index (Phi) is 2.62. The molecule has 0 radical (unpaired) electrons. The van der Waals surface area contributed by atoms with Crippen molar-refractivity contribution >= 4 is 0 Å². The summed E-state index contributed by atoms with van der Waals surface area (Å²) < 4.78 is 5.88. The lowest BCUT2D eigenvalue weighted by Crippen LogP contribution is -2.52. The van der Waals surface area contributed by atoms with Crippen LogP contribution in [0, 0.1) is 0 Å². The SMILES string of the molecule is C[C@]1(O)CC[C@@H]1Oc1ccc2c(c1)CCCC2. The lowest BCUT2D eigenvalue weighted by molar-refractivity contribution is -0.118. The molecule has 0 aliphatic heterocycles. The Morgan fingerprint density at radius 3 is 2.65 bits per heavy atom. The van der Waals surface area contributed by atoms with Crippen LogP contribution in [-0.2, 0) is 12.8 Å². The third-order valence-electron chi connectivity index (χ3n) is 4.20. The minimum Gasteiger partial charge on any atom is -0.487 e. The zero-order chi connectivity index (χ0) is 11.9. The fourth-order valence-electron chi connectivity index (χ4n) is 2.81. The number of fused-ring (bicyclic) bond motifs is 1. The van der Waals surface area contributed by atoms with E-state index in [2.05, 4.69) is 18.2 Å². The van der Waals surface area contributed by atoms with Crippen LogP contribution in [-0.4, -0.2) is 16.8 Å².